The Hall–Kier alpha value is -2.39. The van der Waals surface area contributed by atoms with Crippen molar-refractivity contribution in [2.45, 2.75) is 19.3 Å². The average Bonchev–Trinajstić information content (AvgIpc) is 2.68. The Kier molecular flexibility index (Phi) is 6.24. The number of methoxy groups -OCH3 is 1. The Morgan fingerprint density at radius 3 is 2.73 bits per heavy atom. The molecule has 1 aliphatic rings. The normalized spacial score (nSPS) is 18.7. The zero-order valence-electron chi connectivity index (χ0n) is 15.5. The molecule has 136 valence electrons. The summed E-state index contributed by atoms with van der Waals surface area (Å²) in [6, 6.07) is 15.0. The van der Waals surface area contributed by atoms with Crippen LogP contribution in [0.5, 0.6) is 5.75 Å². The fourth-order valence-corrected chi connectivity index (χ4v) is 3.51. The first-order valence-corrected chi connectivity index (χ1v) is 9.16. The Morgan fingerprint density at radius 1 is 1.19 bits per heavy atom. The Bertz CT molecular complexity index is 792. The van der Waals surface area contributed by atoms with Gasteiger partial charge < -0.3 is 10.1 Å². The van der Waals surface area contributed by atoms with Gasteiger partial charge in [-0.05, 0) is 85.3 Å². The van der Waals surface area contributed by atoms with Gasteiger partial charge in [-0.3, -0.25) is 0 Å². The molecular formula is C23H26FNO. The number of hydrogen-bond donors (Lipinski definition) is 1. The maximum Gasteiger partial charge on any atom is 0.123 e. The molecule has 0 aliphatic heterocycles. The number of benzene rings is 2. The van der Waals surface area contributed by atoms with Crippen molar-refractivity contribution in [3.8, 4) is 5.75 Å². The van der Waals surface area contributed by atoms with Gasteiger partial charge in [-0.15, -0.1) is 0 Å². The molecule has 0 saturated heterocycles. The molecule has 0 radical (unpaired) electrons. The van der Waals surface area contributed by atoms with Crippen molar-refractivity contribution in [2.75, 3.05) is 20.7 Å². The predicted octanol–water partition coefficient (Wildman–Crippen LogP) is 5.32. The molecule has 1 atom stereocenters. The quantitative estimate of drug-likeness (QED) is 0.760. The maximum absolute atomic E-state index is 13.1. The predicted molar refractivity (Wildman–Crippen MR) is 107 cm³/mol. The Morgan fingerprint density at radius 2 is 2.00 bits per heavy atom. The number of allylic oxidation sites excluding steroid dienone is 3. The van der Waals surface area contributed by atoms with Crippen LogP contribution < -0.4 is 10.1 Å². The van der Waals surface area contributed by atoms with E-state index in [4.69, 9.17) is 4.74 Å². The van der Waals surface area contributed by atoms with Gasteiger partial charge in [0, 0.05) is 0 Å². The minimum Gasteiger partial charge on any atom is -0.497 e. The third kappa shape index (κ3) is 4.61. The second-order valence-electron chi connectivity index (χ2n) is 6.73. The van der Waals surface area contributed by atoms with Crippen LogP contribution in [-0.4, -0.2) is 20.7 Å². The second-order valence-corrected chi connectivity index (χ2v) is 6.73. The molecule has 0 amide bonds. The third-order valence-corrected chi connectivity index (χ3v) is 4.93. The first-order valence-electron chi connectivity index (χ1n) is 9.16. The summed E-state index contributed by atoms with van der Waals surface area (Å²) in [7, 11) is 3.70. The van der Waals surface area contributed by atoms with Gasteiger partial charge in [-0.25, -0.2) is 4.39 Å². The summed E-state index contributed by atoms with van der Waals surface area (Å²) in [4.78, 5) is 0. The van der Waals surface area contributed by atoms with Crippen LogP contribution in [0.25, 0.3) is 11.6 Å². The third-order valence-electron chi connectivity index (χ3n) is 4.93. The lowest BCUT2D eigenvalue weighted by Gasteiger charge is -2.26. The van der Waals surface area contributed by atoms with Crippen LogP contribution in [0.3, 0.4) is 0 Å². The summed E-state index contributed by atoms with van der Waals surface area (Å²) in [6.45, 7) is 1.00. The molecule has 1 N–H and O–H groups in total. The Balaban J connectivity index is 1.94. The largest absolute Gasteiger partial charge is 0.497 e. The van der Waals surface area contributed by atoms with Crippen LogP contribution in [0.15, 0.2) is 60.2 Å². The van der Waals surface area contributed by atoms with Gasteiger partial charge in [0.15, 0.2) is 0 Å². The highest BCUT2D eigenvalue weighted by molar-refractivity contribution is 5.74. The minimum atomic E-state index is -0.199. The summed E-state index contributed by atoms with van der Waals surface area (Å²) in [6.07, 6.45) is 7.75. The molecule has 26 heavy (non-hydrogen) atoms. The molecule has 2 aromatic carbocycles. The molecule has 1 aliphatic carbocycles. The van der Waals surface area contributed by atoms with E-state index in [0.29, 0.717) is 5.92 Å². The molecule has 3 heteroatoms. The first kappa shape index (κ1) is 18.4. The minimum absolute atomic E-state index is 0.199. The number of hydrogen-bond acceptors (Lipinski definition) is 2. The second kappa shape index (κ2) is 8.81. The van der Waals surface area contributed by atoms with Crippen molar-refractivity contribution in [1.29, 1.82) is 0 Å². The highest BCUT2D eigenvalue weighted by atomic mass is 19.1. The van der Waals surface area contributed by atoms with Gasteiger partial charge in [0.1, 0.15) is 11.6 Å². The molecule has 1 unspecified atom stereocenters. The van der Waals surface area contributed by atoms with Gasteiger partial charge >= 0.3 is 0 Å². The smallest absolute Gasteiger partial charge is 0.123 e. The van der Waals surface area contributed by atoms with Crippen molar-refractivity contribution in [3.05, 3.63) is 77.1 Å². The van der Waals surface area contributed by atoms with Crippen LogP contribution in [0.4, 0.5) is 4.39 Å². The van der Waals surface area contributed by atoms with Gasteiger partial charge in [0.25, 0.3) is 0 Å². The standard InChI is InChI=1S/C23H26FNO/c1-25-13-12-19-9-6-18(14-17-7-10-21(24)11-8-17)15-23(19)20-4-3-5-22(16-20)26-2/h3-5,7-8,10-11,14-16,19,25H,6,9,12-13H2,1-2H3. The lowest BCUT2D eigenvalue weighted by molar-refractivity contribution is 0.414. The fourth-order valence-electron chi connectivity index (χ4n) is 3.51. The summed E-state index contributed by atoms with van der Waals surface area (Å²) >= 11 is 0. The molecule has 0 bridgehead atoms. The molecule has 2 nitrogen and oxygen atoms in total. The highest BCUT2D eigenvalue weighted by Crippen LogP contribution is 2.38. The van der Waals surface area contributed by atoms with E-state index in [2.05, 4.69) is 29.6 Å². The summed E-state index contributed by atoms with van der Waals surface area (Å²) < 4.78 is 18.5. The van der Waals surface area contributed by atoms with Gasteiger partial charge in [0.2, 0.25) is 0 Å². The van der Waals surface area contributed by atoms with E-state index in [-0.39, 0.29) is 5.82 Å². The van der Waals surface area contributed by atoms with Gasteiger partial charge in [0.05, 0.1) is 7.11 Å². The van der Waals surface area contributed by atoms with E-state index in [1.54, 1.807) is 7.11 Å². The van der Waals surface area contributed by atoms with Crippen molar-refractivity contribution < 1.29 is 9.13 Å². The number of halogens is 1. The van der Waals surface area contributed by atoms with Gasteiger partial charge in [-0.2, -0.15) is 0 Å². The number of nitrogens with one attached hydrogen (secondary N) is 1. The molecule has 0 saturated carbocycles. The van der Waals surface area contributed by atoms with E-state index in [0.717, 1.165) is 37.1 Å². The molecule has 2 aromatic rings. The maximum atomic E-state index is 13.1. The molecule has 0 fully saturated rings. The lowest BCUT2D eigenvalue weighted by Crippen LogP contribution is -2.16. The molecule has 0 aromatic heterocycles. The van der Waals surface area contributed by atoms with E-state index in [9.17, 15) is 4.39 Å². The zero-order chi connectivity index (χ0) is 18.4. The van der Waals surface area contributed by atoms with Crippen LogP contribution in [0.2, 0.25) is 0 Å². The summed E-state index contributed by atoms with van der Waals surface area (Å²) in [5, 5.41) is 3.26. The van der Waals surface area contributed by atoms with E-state index >= 15 is 0 Å². The number of rotatable bonds is 6. The Labute approximate surface area is 155 Å². The van der Waals surface area contributed by atoms with Crippen LogP contribution in [-0.2, 0) is 0 Å². The van der Waals surface area contributed by atoms with Crippen molar-refractivity contribution in [1.82, 2.24) is 5.32 Å². The van der Waals surface area contributed by atoms with E-state index in [1.165, 1.54) is 28.8 Å². The summed E-state index contributed by atoms with van der Waals surface area (Å²) in [5.74, 6) is 1.21. The molecule has 3 rings (SSSR count). The lowest BCUT2D eigenvalue weighted by atomic mass is 9.79. The highest BCUT2D eigenvalue weighted by Gasteiger charge is 2.21. The topological polar surface area (TPSA) is 21.3 Å². The van der Waals surface area contributed by atoms with E-state index in [1.807, 2.05) is 31.3 Å². The number of ether oxygens (including phenoxy) is 1. The van der Waals surface area contributed by atoms with E-state index < -0.39 is 0 Å². The molecule has 0 spiro atoms. The van der Waals surface area contributed by atoms with Crippen LogP contribution >= 0.6 is 0 Å². The molecule has 0 heterocycles. The monoisotopic (exact) mass is 351 g/mol. The fraction of sp³-hybridized carbons (Fsp3) is 0.304. The summed E-state index contributed by atoms with van der Waals surface area (Å²) in [5.41, 5.74) is 4.90. The first-order chi connectivity index (χ1) is 12.7. The van der Waals surface area contributed by atoms with Gasteiger partial charge in [-0.1, -0.05) is 36.4 Å². The van der Waals surface area contributed by atoms with Crippen molar-refractivity contribution in [2.24, 2.45) is 5.92 Å². The van der Waals surface area contributed by atoms with Crippen molar-refractivity contribution >= 4 is 11.6 Å². The van der Waals surface area contributed by atoms with Crippen LogP contribution in [0.1, 0.15) is 30.4 Å². The zero-order valence-corrected chi connectivity index (χ0v) is 15.5. The van der Waals surface area contributed by atoms with Crippen LogP contribution in [0, 0.1) is 11.7 Å². The molecular weight excluding hydrogens is 325 g/mol. The SMILES string of the molecule is CNCCC1CCC(=Cc2ccc(F)cc2)C=C1c1cccc(OC)c1. The average molecular weight is 351 g/mol. The van der Waals surface area contributed by atoms with Crippen molar-refractivity contribution in [3.63, 3.8) is 0 Å².